The number of esters is 1. The molecule has 0 aliphatic carbocycles. The zero-order valence-electron chi connectivity index (χ0n) is 12.9. The van der Waals surface area contributed by atoms with E-state index in [1.165, 1.54) is 0 Å². The van der Waals surface area contributed by atoms with Gasteiger partial charge in [0.25, 0.3) is 0 Å². The third-order valence-electron chi connectivity index (χ3n) is 3.03. The van der Waals surface area contributed by atoms with Crippen LogP contribution in [0.2, 0.25) is 0 Å². The summed E-state index contributed by atoms with van der Waals surface area (Å²) in [6.07, 6.45) is -0.108. The Morgan fingerprint density at radius 3 is 2.42 bits per heavy atom. The monoisotopic (exact) mass is 376 g/mol. The van der Waals surface area contributed by atoms with Crippen molar-refractivity contribution in [1.82, 2.24) is 5.32 Å². The molecule has 0 saturated heterocycles. The van der Waals surface area contributed by atoms with Gasteiger partial charge >= 0.3 is 11.9 Å². The molecular formula is C15H21ClN2O5S. The smallest absolute Gasteiger partial charge is 0.329 e. The van der Waals surface area contributed by atoms with Crippen molar-refractivity contribution in [2.75, 3.05) is 5.75 Å². The van der Waals surface area contributed by atoms with Gasteiger partial charge in [0.15, 0.2) is 0 Å². The van der Waals surface area contributed by atoms with Crippen LogP contribution in [-0.2, 0) is 25.7 Å². The number of nitrogens with one attached hydrogen (secondary N) is 1. The first-order valence-corrected chi connectivity index (χ1v) is 7.66. The zero-order chi connectivity index (χ0) is 17.2. The number of carboxylic acid groups (broad SMARTS) is 1. The third kappa shape index (κ3) is 8.19. The average Bonchev–Trinajstić information content (AvgIpc) is 2.56. The lowest BCUT2D eigenvalue weighted by Crippen LogP contribution is -2.43. The summed E-state index contributed by atoms with van der Waals surface area (Å²) in [6, 6.07) is 7.13. The van der Waals surface area contributed by atoms with Crippen molar-refractivity contribution in [2.24, 2.45) is 5.73 Å². The number of hydrogen-bond acceptors (Lipinski definition) is 6. The number of thiol groups is 1. The molecular weight excluding hydrogens is 356 g/mol. The van der Waals surface area contributed by atoms with E-state index in [0.717, 1.165) is 5.56 Å². The van der Waals surface area contributed by atoms with Crippen molar-refractivity contribution in [3.8, 4) is 0 Å². The van der Waals surface area contributed by atoms with E-state index < -0.39 is 29.9 Å². The minimum atomic E-state index is -1.18. The average molecular weight is 377 g/mol. The SMILES string of the molecule is Cl.N[C@@H](CCC(=O)N[C@@H](CS)C(=O)OCc1ccccc1)C(=O)O. The second kappa shape index (κ2) is 11.7. The molecule has 0 radical (unpaired) electrons. The molecule has 24 heavy (non-hydrogen) atoms. The lowest BCUT2D eigenvalue weighted by Gasteiger charge is -2.16. The Bertz CT molecular complexity index is 544. The summed E-state index contributed by atoms with van der Waals surface area (Å²) in [7, 11) is 0. The molecule has 0 bridgehead atoms. The van der Waals surface area contributed by atoms with E-state index in [1.54, 1.807) is 0 Å². The number of carbonyl (C=O) groups is 3. The largest absolute Gasteiger partial charge is 0.480 e. The van der Waals surface area contributed by atoms with Gasteiger partial charge in [-0.1, -0.05) is 30.3 Å². The van der Waals surface area contributed by atoms with Crippen LogP contribution >= 0.6 is 25.0 Å². The highest BCUT2D eigenvalue weighted by molar-refractivity contribution is 7.80. The summed E-state index contributed by atoms with van der Waals surface area (Å²) in [5, 5.41) is 11.1. The second-order valence-electron chi connectivity index (χ2n) is 4.88. The number of amides is 1. The molecule has 4 N–H and O–H groups in total. The fourth-order valence-corrected chi connectivity index (χ4v) is 1.93. The van der Waals surface area contributed by atoms with E-state index in [2.05, 4.69) is 17.9 Å². The quantitative estimate of drug-likeness (QED) is 0.373. The van der Waals surface area contributed by atoms with Crippen molar-refractivity contribution < 1.29 is 24.2 Å². The standard InChI is InChI=1S/C15H20N2O5S.ClH/c16-11(14(19)20)6-7-13(18)17-12(9-23)15(21)22-8-10-4-2-1-3-5-10;/h1-5,11-12,23H,6-9,16H2,(H,17,18)(H,19,20);1H/t11-,12-;/m0./s1. The van der Waals surface area contributed by atoms with Gasteiger partial charge in [-0.05, 0) is 12.0 Å². The van der Waals surface area contributed by atoms with Crippen LogP contribution in [0.1, 0.15) is 18.4 Å². The first-order chi connectivity index (χ1) is 10.9. The molecule has 7 nitrogen and oxygen atoms in total. The maximum absolute atomic E-state index is 11.9. The van der Waals surface area contributed by atoms with E-state index in [-0.39, 0.29) is 37.6 Å². The van der Waals surface area contributed by atoms with Gasteiger partial charge in [-0.2, -0.15) is 12.6 Å². The fourth-order valence-electron chi connectivity index (χ4n) is 1.68. The number of ether oxygens (including phenoxy) is 1. The predicted octanol–water partition coefficient (Wildman–Crippen LogP) is 0.758. The highest BCUT2D eigenvalue weighted by atomic mass is 35.5. The van der Waals surface area contributed by atoms with Crippen LogP contribution in [0.5, 0.6) is 0 Å². The summed E-state index contributed by atoms with van der Waals surface area (Å²) < 4.78 is 5.12. The Balaban J connectivity index is 0.00000529. The van der Waals surface area contributed by atoms with Crippen molar-refractivity contribution in [2.45, 2.75) is 31.5 Å². The van der Waals surface area contributed by atoms with Crippen LogP contribution in [0.3, 0.4) is 0 Å². The Hall–Kier alpha value is -1.77. The first-order valence-electron chi connectivity index (χ1n) is 7.03. The molecule has 0 aliphatic heterocycles. The number of carboxylic acids is 1. The van der Waals surface area contributed by atoms with Crippen molar-refractivity contribution in [3.63, 3.8) is 0 Å². The number of nitrogens with two attached hydrogens (primary N) is 1. The highest BCUT2D eigenvalue weighted by Gasteiger charge is 2.22. The maximum Gasteiger partial charge on any atom is 0.329 e. The number of carbonyl (C=O) groups excluding carboxylic acids is 2. The summed E-state index contributed by atoms with van der Waals surface area (Å²) in [5.74, 6) is -2.17. The van der Waals surface area contributed by atoms with E-state index in [9.17, 15) is 14.4 Å². The lowest BCUT2D eigenvalue weighted by atomic mass is 10.1. The van der Waals surface area contributed by atoms with Crippen LogP contribution in [0.15, 0.2) is 30.3 Å². The molecule has 0 saturated carbocycles. The predicted molar refractivity (Wildman–Crippen MR) is 94.1 cm³/mol. The van der Waals surface area contributed by atoms with Gasteiger partial charge in [0.05, 0.1) is 0 Å². The molecule has 1 aromatic rings. The molecule has 0 aromatic heterocycles. The summed E-state index contributed by atoms with van der Waals surface area (Å²) >= 11 is 4.02. The number of benzene rings is 1. The van der Waals surface area contributed by atoms with Crippen molar-refractivity contribution in [1.29, 1.82) is 0 Å². The molecule has 9 heteroatoms. The van der Waals surface area contributed by atoms with E-state index in [4.69, 9.17) is 15.6 Å². The van der Waals surface area contributed by atoms with Crippen LogP contribution in [0.25, 0.3) is 0 Å². The van der Waals surface area contributed by atoms with Gasteiger partial charge in [0.2, 0.25) is 5.91 Å². The Morgan fingerprint density at radius 1 is 1.25 bits per heavy atom. The van der Waals surface area contributed by atoms with E-state index in [1.807, 2.05) is 30.3 Å². The number of hydrogen-bond donors (Lipinski definition) is 4. The molecule has 0 spiro atoms. The summed E-state index contributed by atoms with van der Waals surface area (Å²) in [6.45, 7) is 0.101. The van der Waals surface area contributed by atoms with Crippen LogP contribution in [0.4, 0.5) is 0 Å². The zero-order valence-corrected chi connectivity index (χ0v) is 14.6. The summed E-state index contributed by atoms with van der Waals surface area (Å²) in [4.78, 5) is 34.2. The second-order valence-corrected chi connectivity index (χ2v) is 5.24. The van der Waals surface area contributed by atoms with Gasteiger partial charge in [-0.25, -0.2) is 4.79 Å². The molecule has 2 atom stereocenters. The molecule has 134 valence electrons. The van der Waals surface area contributed by atoms with E-state index >= 15 is 0 Å². The molecule has 0 aliphatic rings. The van der Waals surface area contributed by atoms with Gasteiger partial charge in [-0.15, -0.1) is 12.4 Å². The molecule has 0 fully saturated rings. The van der Waals surface area contributed by atoms with Crippen molar-refractivity contribution in [3.05, 3.63) is 35.9 Å². The molecule has 1 rings (SSSR count). The van der Waals surface area contributed by atoms with Gasteiger partial charge in [0.1, 0.15) is 18.7 Å². The van der Waals surface area contributed by atoms with Gasteiger partial charge in [0, 0.05) is 12.2 Å². The Morgan fingerprint density at radius 2 is 1.88 bits per heavy atom. The Labute approximate surface area is 151 Å². The van der Waals surface area contributed by atoms with Gasteiger partial charge < -0.3 is 20.9 Å². The Kier molecular flexibility index (Phi) is 10.9. The first kappa shape index (κ1) is 22.2. The van der Waals surface area contributed by atoms with Crippen LogP contribution < -0.4 is 11.1 Å². The number of aliphatic carboxylic acids is 1. The maximum atomic E-state index is 11.9. The molecule has 0 unspecified atom stereocenters. The minimum Gasteiger partial charge on any atom is -0.480 e. The topological polar surface area (TPSA) is 119 Å². The molecule has 0 heterocycles. The highest BCUT2D eigenvalue weighted by Crippen LogP contribution is 2.03. The van der Waals surface area contributed by atoms with Crippen molar-refractivity contribution >= 4 is 42.9 Å². The molecule has 1 aromatic carbocycles. The number of halogens is 1. The third-order valence-corrected chi connectivity index (χ3v) is 3.39. The molecule has 1 amide bonds. The van der Waals surface area contributed by atoms with Crippen LogP contribution in [-0.4, -0.2) is 40.8 Å². The normalized spacial score (nSPS) is 12.4. The number of rotatable bonds is 9. The minimum absolute atomic E-state index is 0. The fraction of sp³-hybridized carbons (Fsp3) is 0.400. The van der Waals surface area contributed by atoms with Gasteiger partial charge in [-0.3, -0.25) is 9.59 Å². The van der Waals surface area contributed by atoms with E-state index in [0.29, 0.717) is 0 Å². The van der Waals surface area contributed by atoms with Crippen LogP contribution in [0, 0.1) is 0 Å². The summed E-state index contributed by atoms with van der Waals surface area (Å²) in [5.41, 5.74) is 6.14. The lowest BCUT2D eigenvalue weighted by molar-refractivity contribution is -0.148.